The summed E-state index contributed by atoms with van der Waals surface area (Å²) in [4.78, 5) is 23.5. The van der Waals surface area contributed by atoms with E-state index in [9.17, 15) is 4.39 Å². The number of anilines is 3. The predicted octanol–water partition coefficient (Wildman–Crippen LogP) is 6.96. The van der Waals surface area contributed by atoms with E-state index in [0.717, 1.165) is 56.1 Å². The van der Waals surface area contributed by atoms with Crippen LogP contribution in [-0.4, -0.2) is 43.7 Å². The van der Waals surface area contributed by atoms with Gasteiger partial charge in [0, 0.05) is 53.1 Å². The van der Waals surface area contributed by atoms with Crippen LogP contribution in [-0.2, 0) is 0 Å². The quantitative estimate of drug-likeness (QED) is 0.240. The van der Waals surface area contributed by atoms with E-state index in [-0.39, 0.29) is 0 Å². The molecule has 1 aliphatic heterocycles. The van der Waals surface area contributed by atoms with Gasteiger partial charge in [0.25, 0.3) is 0 Å². The summed E-state index contributed by atoms with van der Waals surface area (Å²) in [6.07, 6.45) is 5.28. The predicted molar refractivity (Wildman–Crippen MR) is 155 cm³/mol. The Bertz CT molecular complexity index is 1860. The molecule has 2 aromatic carbocycles. The molecule has 0 bridgehead atoms. The number of H-pyrrole nitrogens is 1. The first kappa shape index (κ1) is 24.0. The van der Waals surface area contributed by atoms with Crippen molar-refractivity contribution in [3.05, 3.63) is 91.0 Å². The zero-order valence-electron chi connectivity index (χ0n) is 22.0. The minimum atomic E-state index is -1.13. The van der Waals surface area contributed by atoms with Gasteiger partial charge in [-0.3, -0.25) is 9.97 Å². The largest absolute Gasteiger partial charge is 0.457 e. The zero-order chi connectivity index (χ0) is 27.3. The number of halogens is 1. The van der Waals surface area contributed by atoms with Crippen LogP contribution in [0.1, 0.15) is 12.6 Å². The summed E-state index contributed by atoms with van der Waals surface area (Å²) in [5, 5.41) is 4.36. The number of aryl methyl sites for hydroxylation is 1. The average molecular weight is 532 g/mol. The van der Waals surface area contributed by atoms with Crippen LogP contribution in [0, 0.1) is 6.92 Å². The van der Waals surface area contributed by atoms with Gasteiger partial charge in [0.05, 0.1) is 35.3 Å². The molecule has 9 heteroatoms. The van der Waals surface area contributed by atoms with Crippen molar-refractivity contribution in [2.75, 3.05) is 23.3 Å². The second-order valence-corrected chi connectivity index (χ2v) is 10.4. The number of fused-ring (bicyclic) bond motifs is 2. The van der Waals surface area contributed by atoms with Crippen LogP contribution in [0.2, 0.25) is 0 Å². The summed E-state index contributed by atoms with van der Waals surface area (Å²) in [6.45, 7) is 4.35. The number of hydrogen-bond acceptors (Lipinski definition) is 7. The Balaban J connectivity index is 1.11. The molecule has 2 N–H and O–H groups in total. The molecule has 0 radical (unpaired) electrons. The summed E-state index contributed by atoms with van der Waals surface area (Å²) >= 11 is 0. The van der Waals surface area contributed by atoms with Crippen molar-refractivity contribution in [2.45, 2.75) is 19.5 Å². The monoisotopic (exact) mass is 531 g/mol. The maximum Gasteiger partial charge on any atom is 0.142 e. The van der Waals surface area contributed by atoms with Gasteiger partial charge in [-0.1, -0.05) is 0 Å². The van der Waals surface area contributed by atoms with Gasteiger partial charge < -0.3 is 19.9 Å². The van der Waals surface area contributed by atoms with Crippen molar-refractivity contribution < 1.29 is 9.13 Å². The van der Waals surface area contributed by atoms with Crippen molar-refractivity contribution >= 4 is 39.1 Å². The minimum absolute atomic E-state index is 0.394. The molecule has 6 aromatic rings. The van der Waals surface area contributed by atoms with Gasteiger partial charge in [-0.25, -0.2) is 14.4 Å². The third-order valence-corrected chi connectivity index (χ3v) is 6.99. The fourth-order valence-corrected chi connectivity index (χ4v) is 5.02. The van der Waals surface area contributed by atoms with Crippen molar-refractivity contribution in [1.29, 1.82) is 0 Å². The van der Waals surface area contributed by atoms with Gasteiger partial charge >= 0.3 is 0 Å². The summed E-state index contributed by atoms with van der Waals surface area (Å²) in [7, 11) is 0. The Morgan fingerprint density at radius 1 is 0.900 bits per heavy atom. The summed E-state index contributed by atoms with van der Waals surface area (Å²) in [5.41, 5.74) is 5.06. The fraction of sp³-hybridized carbons (Fsp3) is 0.161. The number of ether oxygens (including phenoxy) is 1. The molecule has 0 spiro atoms. The molecule has 1 saturated heterocycles. The number of hydrogen-bond donors (Lipinski definition) is 2. The van der Waals surface area contributed by atoms with Gasteiger partial charge in [-0.05, 0) is 68.4 Å². The van der Waals surface area contributed by atoms with E-state index in [1.807, 2.05) is 72.5 Å². The van der Waals surface area contributed by atoms with Crippen LogP contribution in [0.15, 0.2) is 85.3 Å². The molecule has 0 amide bonds. The lowest BCUT2D eigenvalue weighted by atomic mass is 9.97. The molecule has 40 heavy (non-hydrogen) atoms. The number of pyridine rings is 3. The second kappa shape index (κ2) is 9.30. The molecule has 0 atom stereocenters. The van der Waals surface area contributed by atoms with E-state index in [2.05, 4.69) is 31.3 Å². The molecule has 1 fully saturated rings. The maximum atomic E-state index is 14.1. The average Bonchev–Trinajstić information content (AvgIpc) is 3.36. The van der Waals surface area contributed by atoms with E-state index in [4.69, 9.17) is 9.72 Å². The normalized spacial score (nSPS) is 14.3. The molecule has 5 heterocycles. The Hall–Kier alpha value is -5.05. The standard InChI is InChI=1S/C31H26FN7O/c1-19-13-23(9-11-33-19)40-22-5-7-27-28(15-22)38-30(37-27)20-3-8-29(35-16-20)36-26-10-12-34-25-6-4-21(14-24(25)26)39-17-31(2,32)18-39/h3-16H,17-18H2,1-2H3,(H,37,38)(H,34,35,36). The molecule has 1 aliphatic rings. The number of imidazole rings is 1. The minimum Gasteiger partial charge on any atom is -0.457 e. The van der Waals surface area contributed by atoms with Gasteiger partial charge in [0.1, 0.15) is 28.8 Å². The van der Waals surface area contributed by atoms with Crippen molar-refractivity contribution in [3.63, 3.8) is 0 Å². The molecular formula is C31H26FN7O. The number of aromatic nitrogens is 5. The lowest BCUT2D eigenvalue weighted by Gasteiger charge is -2.43. The summed E-state index contributed by atoms with van der Waals surface area (Å²) in [6, 6.07) is 21.3. The first-order valence-electron chi connectivity index (χ1n) is 13.0. The summed E-state index contributed by atoms with van der Waals surface area (Å²) < 4.78 is 20.0. The molecule has 8 nitrogen and oxygen atoms in total. The molecule has 0 saturated carbocycles. The third-order valence-electron chi connectivity index (χ3n) is 6.99. The Kier molecular flexibility index (Phi) is 5.59. The van der Waals surface area contributed by atoms with Gasteiger partial charge in [0.15, 0.2) is 0 Å². The number of rotatable bonds is 6. The highest BCUT2D eigenvalue weighted by Gasteiger charge is 2.38. The lowest BCUT2D eigenvalue weighted by molar-refractivity contribution is 0.144. The van der Waals surface area contributed by atoms with Crippen molar-refractivity contribution in [1.82, 2.24) is 24.9 Å². The molecule has 7 rings (SSSR count). The zero-order valence-corrected chi connectivity index (χ0v) is 22.0. The van der Waals surface area contributed by atoms with Crippen LogP contribution < -0.4 is 15.0 Å². The molecule has 0 unspecified atom stereocenters. The number of alkyl halides is 1. The Morgan fingerprint density at radius 3 is 2.55 bits per heavy atom. The van der Waals surface area contributed by atoms with Crippen molar-refractivity contribution in [2.24, 2.45) is 0 Å². The molecule has 0 aliphatic carbocycles. The van der Waals surface area contributed by atoms with E-state index in [1.165, 1.54) is 0 Å². The van der Waals surface area contributed by atoms with E-state index >= 15 is 0 Å². The van der Waals surface area contributed by atoms with Gasteiger partial charge in [-0.15, -0.1) is 0 Å². The first-order valence-corrected chi connectivity index (χ1v) is 13.0. The first-order chi connectivity index (χ1) is 19.4. The number of nitrogens with one attached hydrogen (secondary N) is 2. The van der Waals surface area contributed by atoms with Crippen LogP contribution in [0.25, 0.3) is 33.3 Å². The highest BCUT2D eigenvalue weighted by Crippen LogP contribution is 2.34. The number of aromatic amines is 1. The van der Waals surface area contributed by atoms with Gasteiger partial charge in [0.2, 0.25) is 0 Å². The lowest BCUT2D eigenvalue weighted by Crippen LogP contribution is -2.57. The SMILES string of the molecule is Cc1cc(Oc2ccc3[nH]c(-c4ccc(Nc5ccnc6ccc(N7CC(C)(F)C7)cc56)nc4)nc3c2)ccn1. The fourth-order valence-electron chi connectivity index (χ4n) is 5.02. The Labute approximate surface area is 229 Å². The highest BCUT2D eigenvalue weighted by molar-refractivity contribution is 5.95. The molecule has 198 valence electrons. The molecular weight excluding hydrogens is 505 g/mol. The van der Waals surface area contributed by atoms with E-state index in [1.54, 1.807) is 25.5 Å². The smallest absolute Gasteiger partial charge is 0.142 e. The van der Waals surface area contributed by atoms with Gasteiger partial charge in [-0.2, -0.15) is 0 Å². The second-order valence-electron chi connectivity index (χ2n) is 10.4. The maximum absolute atomic E-state index is 14.1. The number of benzene rings is 2. The molecule has 4 aromatic heterocycles. The topological polar surface area (TPSA) is 91.8 Å². The van der Waals surface area contributed by atoms with E-state index < -0.39 is 5.67 Å². The van der Waals surface area contributed by atoms with E-state index in [0.29, 0.717) is 24.7 Å². The number of nitrogens with zero attached hydrogens (tertiary/aromatic N) is 5. The van der Waals surface area contributed by atoms with Crippen LogP contribution >= 0.6 is 0 Å². The van der Waals surface area contributed by atoms with Crippen LogP contribution in [0.5, 0.6) is 11.5 Å². The van der Waals surface area contributed by atoms with Crippen LogP contribution in [0.3, 0.4) is 0 Å². The van der Waals surface area contributed by atoms with Crippen molar-refractivity contribution in [3.8, 4) is 22.9 Å². The Morgan fingerprint density at radius 2 is 1.75 bits per heavy atom. The van der Waals surface area contributed by atoms with Crippen LogP contribution in [0.4, 0.5) is 21.6 Å². The highest BCUT2D eigenvalue weighted by atomic mass is 19.1. The summed E-state index contributed by atoms with van der Waals surface area (Å²) in [5.74, 6) is 2.85. The third kappa shape index (κ3) is 4.66.